The van der Waals surface area contributed by atoms with Gasteiger partial charge >= 0.3 is 0 Å². The van der Waals surface area contributed by atoms with Crippen LogP contribution in [0.5, 0.6) is 0 Å². The normalized spacial score (nSPS) is 14.4. The van der Waals surface area contributed by atoms with Crippen LogP contribution in [0.25, 0.3) is 0 Å². The predicted octanol–water partition coefficient (Wildman–Crippen LogP) is 4.97. The van der Waals surface area contributed by atoms with E-state index in [0.29, 0.717) is 6.61 Å². The van der Waals surface area contributed by atoms with Crippen molar-refractivity contribution < 1.29 is 4.74 Å². The molecule has 0 atom stereocenters. The molecule has 0 spiro atoms. The van der Waals surface area contributed by atoms with E-state index in [2.05, 4.69) is 68.9 Å². The zero-order valence-corrected chi connectivity index (χ0v) is 12.9. The summed E-state index contributed by atoms with van der Waals surface area (Å²) in [7, 11) is 0. The Hall–Kier alpha value is -0.550. The molecule has 0 saturated heterocycles. The number of hydrogen-bond acceptors (Lipinski definition) is 1. The summed E-state index contributed by atoms with van der Waals surface area (Å²) >= 11 is 5.85. The summed E-state index contributed by atoms with van der Waals surface area (Å²) in [4.78, 5) is 0. The van der Waals surface area contributed by atoms with Crippen LogP contribution in [-0.2, 0) is 11.3 Å². The second-order valence-electron chi connectivity index (χ2n) is 3.65. The van der Waals surface area contributed by atoms with Crippen molar-refractivity contribution >= 4 is 38.5 Å². The summed E-state index contributed by atoms with van der Waals surface area (Å²) < 4.78 is 8.10. The minimum atomic E-state index is 0.591. The molecule has 1 aromatic rings. The Morgan fingerprint density at radius 2 is 2.18 bits per heavy atom. The highest BCUT2D eigenvalue weighted by Crippen LogP contribution is 2.21. The molecule has 1 nitrogen and oxygen atoms in total. The maximum absolute atomic E-state index is 5.79. The second kappa shape index (κ2) is 6.40. The molecule has 0 aliphatic heterocycles. The van der Waals surface area contributed by atoms with Crippen LogP contribution in [0.4, 0.5) is 0 Å². The van der Waals surface area contributed by atoms with E-state index in [0.717, 1.165) is 16.7 Å². The van der Waals surface area contributed by atoms with Crippen molar-refractivity contribution in [2.75, 3.05) is 0 Å². The largest absolute Gasteiger partial charge is 0.489 e. The highest BCUT2D eigenvalue weighted by Gasteiger charge is 2.02. The van der Waals surface area contributed by atoms with E-state index >= 15 is 0 Å². The molecule has 1 aliphatic carbocycles. The molecule has 0 unspecified atom stereocenters. The SMILES string of the molecule is Brc1ccc(I)cc1COC1=CCC=CC=C1. The predicted molar refractivity (Wildman–Crippen MR) is 82.6 cm³/mol. The van der Waals surface area contributed by atoms with Crippen LogP contribution in [0.15, 0.2) is 58.8 Å². The monoisotopic (exact) mass is 402 g/mol. The molecule has 0 saturated carbocycles. The van der Waals surface area contributed by atoms with Crippen molar-refractivity contribution in [2.45, 2.75) is 13.0 Å². The van der Waals surface area contributed by atoms with E-state index in [4.69, 9.17) is 4.74 Å². The van der Waals surface area contributed by atoms with Gasteiger partial charge in [-0.2, -0.15) is 0 Å². The number of hydrogen-bond donors (Lipinski definition) is 0. The topological polar surface area (TPSA) is 9.23 Å². The van der Waals surface area contributed by atoms with E-state index in [1.165, 1.54) is 9.13 Å². The van der Waals surface area contributed by atoms with Gasteiger partial charge < -0.3 is 4.74 Å². The molecule has 0 radical (unpaired) electrons. The number of ether oxygens (including phenoxy) is 1. The van der Waals surface area contributed by atoms with Gasteiger partial charge in [-0.3, -0.25) is 0 Å². The first-order valence-electron chi connectivity index (χ1n) is 5.36. The van der Waals surface area contributed by atoms with Crippen LogP contribution in [-0.4, -0.2) is 0 Å². The maximum Gasteiger partial charge on any atom is 0.116 e. The number of allylic oxidation sites excluding steroid dienone is 5. The summed E-state index contributed by atoms with van der Waals surface area (Å²) in [6.07, 6.45) is 11.1. The van der Waals surface area contributed by atoms with Gasteiger partial charge in [0, 0.05) is 13.6 Å². The van der Waals surface area contributed by atoms with Crippen molar-refractivity contribution in [2.24, 2.45) is 0 Å². The molecule has 1 aliphatic rings. The summed E-state index contributed by atoms with van der Waals surface area (Å²) in [5.41, 5.74) is 1.17. The molecule has 2 rings (SSSR count). The van der Waals surface area contributed by atoms with Crippen molar-refractivity contribution in [3.63, 3.8) is 0 Å². The van der Waals surface area contributed by atoms with Crippen molar-refractivity contribution in [3.05, 3.63) is 67.9 Å². The number of halogens is 2. The van der Waals surface area contributed by atoms with Crippen LogP contribution < -0.4 is 0 Å². The lowest BCUT2D eigenvalue weighted by molar-refractivity contribution is 0.210. The van der Waals surface area contributed by atoms with Crippen LogP contribution in [0.2, 0.25) is 0 Å². The molecule has 3 heteroatoms. The number of rotatable bonds is 3. The maximum atomic E-state index is 5.79. The fraction of sp³-hybridized carbons (Fsp3) is 0.143. The lowest BCUT2D eigenvalue weighted by atomic mass is 10.2. The molecule has 0 bridgehead atoms. The third-order valence-electron chi connectivity index (χ3n) is 2.36. The van der Waals surface area contributed by atoms with Gasteiger partial charge in [-0.15, -0.1) is 0 Å². The molecular weight excluding hydrogens is 391 g/mol. The summed E-state index contributed by atoms with van der Waals surface area (Å²) in [6.45, 7) is 0.591. The molecule has 0 heterocycles. The molecule has 88 valence electrons. The first-order valence-corrected chi connectivity index (χ1v) is 7.23. The van der Waals surface area contributed by atoms with Gasteiger partial charge in [-0.1, -0.05) is 34.2 Å². The Bertz CT molecular complexity index is 489. The van der Waals surface area contributed by atoms with E-state index in [1.807, 2.05) is 18.2 Å². The van der Waals surface area contributed by atoms with Crippen LogP contribution >= 0.6 is 38.5 Å². The van der Waals surface area contributed by atoms with Gasteiger partial charge in [0.05, 0.1) is 0 Å². The van der Waals surface area contributed by atoms with E-state index in [-0.39, 0.29) is 0 Å². The first kappa shape index (κ1) is 12.9. The highest BCUT2D eigenvalue weighted by molar-refractivity contribution is 14.1. The lowest BCUT2D eigenvalue weighted by Crippen LogP contribution is -1.93. The second-order valence-corrected chi connectivity index (χ2v) is 5.75. The van der Waals surface area contributed by atoms with Gasteiger partial charge in [0.2, 0.25) is 0 Å². The van der Waals surface area contributed by atoms with Crippen LogP contribution in [0.1, 0.15) is 12.0 Å². The Morgan fingerprint density at radius 3 is 3.06 bits per heavy atom. The van der Waals surface area contributed by atoms with Crippen molar-refractivity contribution in [1.29, 1.82) is 0 Å². The van der Waals surface area contributed by atoms with E-state index in [9.17, 15) is 0 Å². The molecular formula is C14H12BrIO. The minimum absolute atomic E-state index is 0.591. The standard InChI is InChI=1S/C14H12BrIO/c15-14-8-7-12(16)9-11(14)10-17-13-5-3-1-2-4-6-13/h1-3,5-9H,4,10H2. The molecule has 0 aromatic heterocycles. The van der Waals surface area contributed by atoms with Crippen molar-refractivity contribution in [1.82, 2.24) is 0 Å². The van der Waals surface area contributed by atoms with Gasteiger partial charge in [-0.05, 0) is 59.4 Å². The molecule has 17 heavy (non-hydrogen) atoms. The quantitative estimate of drug-likeness (QED) is 0.648. The third-order valence-corrected chi connectivity index (χ3v) is 3.81. The van der Waals surface area contributed by atoms with E-state index in [1.54, 1.807) is 0 Å². The summed E-state index contributed by atoms with van der Waals surface area (Å²) in [5, 5.41) is 0. The third kappa shape index (κ3) is 4.00. The summed E-state index contributed by atoms with van der Waals surface area (Å²) in [5.74, 6) is 0.931. The lowest BCUT2D eigenvalue weighted by Gasteiger charge is -2.09. The highest BCUT2D eigenvalue weighted by atomic mass is 127. The average molecular weight is 403 g/mol. The van der Waals surface area contributed by atoms with Crippen molar-refractivity contribution in [3.8, 4) is 0 Å². The van der Waals surface area contributed by atoms with Gasteiger partial charge in [0.1, 0.15) is 12.4 Å². The van der Waals surface area contributed by atoms with Crippen LogP contribution in [0, 0.1) is 3.57 Å². The van der Waals surface area contributed by atoms with Gasteiger partial charge in [-0.25, -0.2) is 0 Å². The smallest absolute Gasteiger partial charge is 0.116 e. The summed E-state index contributed by atoms with van der Waals surface area (Å²) in [6, 6.07) is 6.26. The molecule has 0 amide bonds. The molecule has 0 fully saturated rings. The zero-order chi connectivity index (χ0) is 12.1. The Morgan fingerprint density at radius 1 is 1.29 bits per heavy atom. The van der Waals surface area contributed by atoms with Crippen LogP contribution in [0.3, 0.4) is 0 Å². The Kier molecular flexibility index (Phi) is 4.86. The van der Waals surface area contributed by atoms with E-state index < -0.39 is 0 Å². The fourth-order valence-electron chi connectivity index (χ4n) is 1.48. The number of benzene rings is 1. The van der Waals surface area contributed by atoms with Gasteiger partial charge in [0.25, 0.3) is 0 Å². The zero-order valence-electron chi connectivity index (χ0n) is 9.20. The van der Waals surface area contributed by atoms with Gasteiger partial charge in [0.15, 0.2) is 0 Å². The molecule has 0 N–H and O–H groups in total. The first-order chi connectivity index (χ1) is 8.25. The molecule has 1 aromatic carbocycles. The minimum Gasteiger partial charge on any atom is -0.489 e. The Balaban J connectivity index is 2.02. The fourth-order valence-corrected chi connectivity index (χ4v) is 2.40. The average Bonchev–Trinajstić information content (AvgIpc) is 2.59. The Labute approximate surface area is 124 Å².